The molecule has 6 N–H and O–H groups in total. The smallest absolute Gasteiger partial charge is 0.387 e. The number of aliphatic hydroxyl groups excluding tert-OH is 2. The molecule has 188 valence electrons. The fraction of sp³-hybridized carbons (Fsp3) is 0.462. The zero-order chi connectivity index (χ0) is 25.2. The molecule has 16 nitrogen and oxygen atoms in total. The van der Waals surface area contributed by atoms with Gasteiger partial charge in [0.1, 0.15) is 24.4 Å². The van der Waals surface area contributed by atoms with Crippen molar-refractivity contribution in [2.75, 3.05) is 13.3 Å². The van der Waals surface area contributed by atoms with Gasteiger partial charge in [-0.15, -0.1) is 0 Å². The molecule has 33 heavy (non-hydrogen) atoms. The van der Waals surface area contributed by atoms with Gasteiger partial charge >= 0.3 is 31.1 Å². The molecule has 8 atom stereocenters. The molecule has 2 rings (SSSR count). The molecule has 1 aromatic rings. The van der Waals surface area contributed by atoms with Gasteiger partial charge in [0.25, 0.3) is 0 Å². The minimum absolute atomic E-state index is 0.139. The maximum atomic E-state index is 12.4. The van der Waals surface area contributed by atoms with Crippen molar-refractivity contribution in [2.45, 2.75) is 24.4 Å². The largest absolute Gasteiger partial charge is 0.490 e. The number of phosphoric acid groups is 3. The maximum Gasteiger partial charge on any atom is 0.490 e. The fourth-order valence-corrected chi connectivity index (χ4v) is 7.46. The molecule has 20 heteroatoms. The van der Waals surface area contributed by atoms with E-state index < -0.39 is 67.9 Å². The second kappa shape index (κ2) is 10.5. The molecule has 0 bridgehead atoms. The summed E-state index contributed by atoms with van der Waals surface area (Å²) in [7, 11) is -21.8. The summed E-state index contributed by atoms with van der Waals surface area (Å²) in [6, 6.07) is 7.54. The van der Waals surface area contributed by atoms with Crippen molar-refractivity contribution in [1.82, 2.24) is 0 Å². The maximum absolute atomic E-state index is 12.4. The van der Waals surface area contributed by atoms with E-state index in [0.29, 0.717) is 6.66 Å². The van der Waals surface area contributed by atoms with Crippen molar-refractivity contribution in [1.29, 1.82) is 0 Å². The first-order valence-electron chi connectivity index (χ1n) is 8.59. The Morgan fingerprint density at radius 3 is 1.94 bits per heavy atom. The SMILES string of the molecule is CP(=O)(O)OP(=O)(O)OP(=O)(O)OP(=O)(O)OCC1OC(C(=O)c2ccccc2)C(O)C1O. The molecular formula is C13H20O16P4. The summed E-state index contributed by atoms with van der Waals surface area (Å²) in [5, 5.41) is 20.1. The minimum Gasteiger partial charge on any atom is -0.387 e. The summed E-state index contributed by atoms with van der Waals surface area (Å²) in [6.45, 7) is -0.613. The summed E-state index contributed by atoms with van der Waals surface area (Å²) in [4.78, 5) is 49.4. The van der Waals surface area contributed by atoms with Crippen LogP contribution >= 0.6 is 31.1 Å². The Balaban J connectivity index is 1.99. The monoisotopic (exact) mass is 556 g/mol. The first kappa shape index (κ1) is 28.6. The normalized spacial score (nSPS) is 30.5. The van der Waals surface area contributed by atoms with Crippen LogP contribution in [0.1, 0.15) is 10.4 Å². The van der Waals surface area contributed by atoms with Gasteiger partial charge in [0, 0.05) is 12.2 Å². The van der Waals surface area contributed by atoms with Gasteiger partial charge in [-0.1, -0.05) is 30.3 Å². The lowest BCUT2D eigenvalue weighted by molar-refractivity contribution is -0.0159. The van der Waals surface area contributed by atoms with Crippen molar-refractivity contribution in [2.24, 2.45) is 0 Å². The molecule has 0 aromatic heterocycles. The van der Waals surface area contributed by atoms with Crippen molar-refractivity contribution < 1.29 is 75.0 Å². The molecular weight excluding hydrogens is 536 g/mol. The number of Topliss-reactive ketones (excluding diaryl/α,β-unsaturated/α-hetero) is 1. The van der Waals surface area contributed by atoms with E-state index in [0.717, 1.165) is 0 Å². The first-order chi connectivity index (χ1) is 14.9. The molecule has 1 heterocycles. The number of hydrogen-bond acceptors (Lipinski definition) is 12. The number of phosphoric ester groups is 1. The lowest BCUT2D eigenvalue weighted by Gasteiger charge is -2.20. The van der Waals surface area contributed by atoms with E-state index in [1.165, 1.54) is 24.3 Å². The van der Waals surface area contributed by atoms with Crippen molar-refractivity contribution in [3.63, 3.8) is 0 Å². The Labute approximate surface area is 186 Å². The Morgan fingerprint density at radius 1 is 0.879 bits per heavy atom. The Hall–Kier alpha value is -0.630. The minimum atomic E-state index is -5.89. The van der Waals surface area contributed by atoms with Crippen molar-refractivity contribution in [3.8, 4) is 0 Å². The Morgan fingerprint density at radius 2 is 1.39 bits per heavy atom. The van der Waals surface area contributed by atoms with Gasteiger partial charge in [0.2, 0.25) is 0 Å². The molecule has 1 aromatic carbocycles. The van der Waals surface area contributed by atoms with Crippen LogP contribution in [-0.2, 0) is 40.5 Å². The standard InChI is InChI=1S/C13H20O16P4/c1-30(17,18)27-32(21,22)29-33(23,24)28-31(19,20)25-7-9-11(15)12(16)13(26-9)10(14)8-5-3-2-4-6-8/h2-6,9,11-13,15-16H,7H2,1H3,(H,17,18)(H,19,20)(H,21,22)(H,23,24). The molecule has 0 radical (unpaired) electrons. The highest BCUT2D eigenvalue weighted by Crippen LogP contribution is 2.70. The molecule has 1 aliphatic rings. The zero-order valence-corrected chi connectivity index (χ0v) is 20.0. The lowest BCUT2D eigenvalue weighted by Crippen LogP contribution is -2.37. The number of rotatable bonds is 11. The van der Waals surface area contributed by atoms with Gasteiger partial charge < -0.3 is 34.5 Å². The number of ether oxygens (including phenoxy) is 1. The third-order valence-corrected chi connectivity index (χ3v) is 9.56. The number of carbonyl (C=O) groups excluding carboxylic acids is 1. The van der Waals surface area contributed by atoms with Crippen LogP contribution < -0.4 is 0 Å². The number of hydrogen-bond donors (Lipinski definition) is 6. The third kappa shape index (κ3) is 8.83. The van der Waals surface area contributed by atoms with Crippen LogP contribution in [0.15, 0.2) is 30.3 Å². The molecule has 8 unspecified atom stereocenters. The van der Waals surface area contributed by atoms with Gasteiger partial charge in [-0.2, -0.15) is 8.62 Å². The summed E-state index contributed by atoms with van der Waals surface area (Å²) >= 11 is 0. The van der Waals surface area contributed by atoms with Crippen LogP contribution in [-0.4, -0.2) is 73.3 Å². The highest BCUT2D eigenvalue weighted by atomic mass is 31.3. The molecule has 1 saturated heterocycles. The highest BCUT2D eigenvalue weighted by molar-refractivity contribution is 7.70. The average molecular weight is 556 g/mol. The molecule has 0 saturated carbocycles. The summed E-state index contributed by atoms with van der Waals surface area (Å²) in [5.74, 6) is -0.711. The number of carbonyl (C=O) groups is 1. The molecule has 0 aliphatic carbocycles. The van der Waals surface area contributed by atoms with E-state index >= 15 is 0 Å². The first-order valence-corrected chi connectivity index (χ1v) is 15.1. The number of benzene rings is 1. The van der Waals surface area contributed by atoms with E-state index in [9.17, 15) is 43.1 Å². The Kier molecular flexibility index (Phi) is 9.15. The molecule has 1 fully saturated rings. The lowest BCUT2D eigenvalue weighted by atomic mass is 10.0. The quantitative estimate of drug-likeness (QED) is 0.161. The molecule has 0 spiro atoms. The second-order valence-electron chi connectivity index (χ2n) is 6.56. The Bertz CT molecular complexity index is 1040. The molecule has 1 aliphatic heterocycles. The fourth-order valence-electron chi connectivity index (χ4n) is 2.54. The van der Waals surface area contributed by atoms with E-state index in [4.69, 9.17) is 14.5 Å². The van der Waals surface area contributed by atoms with E-state index in [1.807, 2.05) is 0 Å². The topological polar surface area (TPSA) is 253 Å². The predicted molar refractivity (Wildman–Crippen MR) is 106 cm³/mol. The number of ketones is 1. The van der Waals surface area contributed by atoms with E-state index in [2.05, 4.69) is 17.5 Å². The van der Waals surface area contributed by atoms with E-state index in [-0.39, 0.29) is 5.56 Å². The summed E-state index contributed by atoms with van der Waals surface area (Å²) < 4.78 is 66.6. The van der Waals surface area contributed by atoms with Crippen LogP contribution in [0.4, 0.5) is 0 Å². The van der Waals surface area contributed by atoms with Crippen LogP contribution in [0.5, 0.6) is 0 Å². The van der Waals surface area contributed by atoms with Crippen LogP contribution in [0.3, 0.4) is 0 Å². The van der Waals surface area contributed by atoms with Crippen molar-refractivity contribution >= 4 is 36.8 Å². The molecule has 0 amide bonds. The summed E-state index contributed by atoms with van der Waals surface area (Å²) in [6.07, 6.45) is -6.68. The predicted octanol–water partition coefficient (Wildman–Crippen LogP) is 0.541. The van der Waals surface area contributed by atoms with E-state index in [1.54, 1.807) is 6.07 Å². The number of aliphatic hydroxyl groups is 2. The van der Waals surface area contributed by atoms with Gasteiger partial charge in [-0.3, -0.25) is 13.9 Å². The van der Waals surface area contributed by atoms with Crippen molar-refractivity contribution in [3.05, 3.63) is 35.9 Å². The van der Waals surface area contributed by atoms with Gasteiger partial charge in [-0.05, 0) is 0 Å². The summed E-state index contributed by atoms with van der Waals surface area (Å²) in [5.41, 5.74) is 0.139. The van der Waals surface area contributed by atoms with Crippen LogP contribution in [0.2, 0.25) is 0 Å². The van der Waals surface area contributed by atoms with Crippen LogP contribution in [0, 0.1) is 0 Å². The highest BCUT2D eigenvalue weighted by Gasteiger charge is 2.48. The second-order valence-corrected chi connectivity index (χ2v) is 13.2. The van der Waals surface area contributed by atoms with Gasteiger partial charge in [-0.25, -0.2) is 18.0 Å². The van der Waals surface area contributed by atoms with Gasteiger partial charge in [0.15, 0.2) is 5.78 Å². The third-order valence-electron chi connectivity index (χ3n) is 3.75. The van der Waals surface area contributed by atoms with Crippen LogP contribution in [0.25, 0.3) is 0 Å². The zero-order valence-electron chi connectivity index (χ0n) is 16.5. The average Bonchev–Trinajstić information content (AvgIpc) is 2.91. The van der Waals surface area contributed by atoms with Gasteiger partial charge in [0.05, 0.1) is 6.61 Å².